The molecular weight excluding hydrogens is 523 g/mol. The lowest BCUT2D eigenvalue weighted by Crippen LogP contribution is -2.27. The number of anilines is 1. The topological polar surface area (TPSA) is 90.3 Å². The number of carbonyl (C=O) groups is 2. The normalized spacial score (nSPS) is 16.5. The zero-order chi connectivity index (χ0) is 28.3. The molecule has 0 radical (unpaired) electrons. The molecule has 0 aliphatic heterocycles. The number of rotatable bonds is 9. The molecule has 2 fully saturated rings. The fourth-order valence-corrected chi connectivity index (χ4v) is 5.20. The van der Waals surface area contributed by atoms with Gasteiger partial charge in [-0.3, -0.25) is 14.4 Å². The number of alkyl halides is 3. The molecule has 7 nitrogen and oxygen atoms in total. The molecule has 10 heteroatoms. The van der Waals surface area contributed by atoms with Gasteiger partial charge in [-0.2, -0.15) is 18.3 Å². The van der Waals surface area contributed by atoms with Gasteiger partial charge < -0.3 is 10.1 Å². The number of amides is 1. The highest BCUT2D eigenvalue weighted by molar-refractivity contribution is 5.96. The Balaban J connectivity index is 1.30. The Morgan fingerprint density at radius 1 is 0.975 bits per heavy atom. The van der Waals surface area contributed by atoms with Crippen LogP contribution in [0.4, 0.5) is 18.9 Å². The molecule has 1 aromatic heterocycles. The van der Waals surface area contributed by atoms with Crippen molar-refractivity contribution in [1.82, 2.24) is 9.78 Å². The third kappa shape index (κ3) is 6.78. The molecule has 2 aliphatic rings. The molecule has 1 unspecified atom stereocenters. The van der Waals surface area contributed by atoms with Crippen molar-refractivity contribution in [3.8, 4) is 0 Å². The summed E-state index contributed by atoms with van der Waals surface area (Å²) in [6.07, 6.45) is 1.01. The maximum absolute atomic E-state index is 13.6. The predicted molar refractivity (Wildman–Crippen MR) is 141 cm³/mol. The number of ether oxygens (including phenoxy) is 1. The van der Waals surface area contributed by atoms with Crippen LogP contribution >= 0.6 is 0 Å². The lowest BCUT2D eigenvalue weighted by molar-refractivity contribution is -0.146. The zero-order valence-electron chi connectivity index (χ0n) is 21.8. The second-order valence-corrected chi connectivity index (χ2v) is 10.5. The van der Waals surface area contributed by atoms with Crippen molar-refractivity contribution in [2.45, 2.75) is 63.8 Å². The average Bonchev–Trinajstić information content (AvgIpc) is 3.65. The number of aromatic nitrogens is 2. The molecule has 1 atom stereocenters. The summed E-state index contributed by atoms with van der Waals surface area (Å²) >= 11 is 0. The first kappa shape index (κ1) is 27.6. The second kappa shape index (κ2) is 11.7. The Kier molecular flexibility index (Phi) is 8.04. The van der Waals surface area contributed by atoms with E-state index in [0.717, 1.165) is 60.4 Å². The summed E-state index contributed by atoms with van der Waals surface area (Å²) in [4.78, 5) is 37.5. The molecule has 210 valence electrons. The molecule has 0 spiro atoms. The highest BCUT2D eigenvalue weighted by Gasteiger charge is 2.34. The van der Waals surface area contributed by atoms with Gasteiger partial charge in [-0.1, -0.05) is 49.2 Å². The summed E-state index contributed by atoms with van der Waals surface area (Å²) in [5.41, 5.74) is 1.02. The summed E-state index contributed by atoms with van der Waals surface area (Å²) in [7, 11) is 0. The van der Waals surface area contributed by atoms with Crippen LogP contribution in [0.1, 0.15) is 66.8 Å². The van der Waals surface area contributed by atoms with Crippen LogP contribution in [0.5, 0.6) is 0 Å². The van der Waals surface area contributed by atoms with Crippen LogP contribution in [0, 0.1) is 11.8 Å². The summed E-state index contributed by atoms with van der Waals surface area (Å²) in [5, 5.41) is 6.48. The number of carbonyl (C=O) groups excluding carboxylic acids is 2. The SMILES string of the molecule is O=C(OCc1cccc(NC(=O)C(c2ccc(Cn3nc(C(F)(F)F)ccc3=O)cc2)C2CCCC2)c1)C1CC1. The molecule has 1 heterocycles. The van der Waals surface area contributed by atoms with Crippen molar-refractivity contribution < 1.29 is 27.5 Å². The predicted octanol–water partition coefficient (Wildman–Crippen LogP) is 5.68. The van der Waals surface area contributed by atoms with Gasteiger partial charge in [0.25, 0.3) is 5.56 Å². The standard InChI is InChI=1S/C30H30F3N3O4/c31-30(32,33)25-14-15-26(37)36(35-25)17-19-8-10-22(11-9-19)27(21-5-1-2-6-21)28(38)34-24-7-3-4-20(16-24)18-40-29(39)23-12-13-23/h3-4,7-11,14-16,21,23,27H,1-2,5-6,12-13,17-18H2,(H,34,38). The zero-order valence-corrected chi connectivity index (χ0v) is 21.8. The van der Waals surface area contributed by atoms with Gasteiger partial charge in [0.1, 0.15) is 6.61 Å². The van der Waals surface area contributed by atoms with Crippen LogP contribution in [0.3, 0.4) is 0 Å². The van der Waals surface area contributed by atoms with E-state index in [1.54, 1.807) is 42.5 Å². The van der Waals surface area contributed by atoms with Crippen molar-refractivity contribution in [3.63, 3.8) is 0 Å². The molecule has 5 rings (SSSR count). The monoisotopic (exact) mass is 553 g/mol. The molecule has 2 saturated carbocycles. The fraction of sp³-hybridized carbons (Fsp3) is 0.400. The fourth-order valence-electron chi connectivity index (χ4n) is 5.20. The van der Waals surface area contributed by atoms with Crippen molar-refractivity contribution in [1.29, 1.82) is 0 Å². The maximum Gasteiger partial charge on any atom is 0.435 e. The van der Waals surface area contributed by atoms with Crippen molar-refractivity contribution >= 4 is 17.6 Å². The van der Waals surface area contributed by atoms with Gasteiger partial charge in [0.05, 0.1) is 18.4 Å². The maximum atomic E-state index is 13.6. The minimum Gasteiger partial charge on any atom is -0.461 e. The van der Waals surface area contributed by atoms with E-state index >= 15 is 0 Å². The average molecular weight is 554 g/mol. The van der Waals surface area contributed by atoms with Gasteiger partial charge in [0, 0.05) is 11.8 Å². The molecule has 2 aromatic carbocycles. The van der Waals surface area contributed by atoms with Gasteiger partial charge >= 0.3 is 12.1 Å². The van der Waals surface area contributed by atoms with E-state index in [-0.39, 0.29) is 36.9 Å². The van der Waals surface area contributed by atoms with Gasteiger partial charge in [0.15, 0.2) is 5.69 Å². The number of nitrogens with one attached hydrogen (secondary N) is 1. The summed E-state index contributed by atoms with van der Waals surface area (Å²) in [6, 6.07) is 15.8. The van der Waals surface area contributed by atoms with Crippen LogP contribution in [-0.4, -0.2) is 21.7 Å². The van der Waals surface area contributed by atoms with E-state index < -0.39 is 23.3 Å². The third-order valence-electron chi connectivity index (χ3n) is 7.47. The number of halogens is 3. The Labute approximate surface area is 229 Å². The summed E-state index contributed by atoms with van der Waals surface area (Å²) in [5.74, 6) is -0.581. The molecular formula is C30H30F3N3O4. The molecule has 1 N–H and O–H groups in total. The van der Waals surface area contributed by atoms with Crippen molar-refractivity contribution in [2.24, 2.45) is 11.8 Å². The quantitative estimate of drug-likeness (QED) is 0.345. The van der Waals surface area contributed by atoms with Gasteiger partial charge in [0.2, 0.25) is 5.91 Å². The minimum atomic E-state index is -4.65. The van der Waals surface area contributed by atoms with Crippen molar-refractivity contribution in [3.05, 3.63) is 93.4 Å². The molecule has 3 aromatic rings. The number of nitrogens with zero attached hydrogens (tertiary/aromatic N) is 2. The minimum absolute atomic E-state index is 0.0173. The summed E-state index contributed by atoms with van der Waals surface area (Å²) < 4.78 is 45.3. The number of hydrogen-bond acceptors (Lipinski definition) is 5. The first-order chi connectivity index (χ1) is 19.2. The van der Waals surface area contributed by atoms with E-state index in [1.807, 2.05) is 6.07 Å². The van der Waals surface area contributed by atoms with E-state index in [9.17, 15) is 27.6 Å². The lowest BCUT2D eigenvalue weighted by atomic mass is 9.83. The highest BCUT2D eigenvalue weighted by Crippen LogP contribution is 2.38. The Morgan fingerprint density at radius 3 is 2.38 bits per heavy atom. The van der Waals surface area contributed by atoms with Gasteiger partial charge in [-0.05, 0) is 66.5 Å². The molecule has 0 bridgehead atoms. The third-order valence-corrected chi connectivity index (χ3v) is 7.47. The van der Waals surface area contributed by atoms with Gasteiger partial charge in [-0.15, -0.1) is 0 Å². The molecule has 1 amide bonds. The highest BCUT2D eigenvalue weighted by atomic mass is 19.4. The lowest BCUT2D eigenvalue weighted by Gasteiger charge is -2.24. The summed E-state index contributed by atoms with van der Waals surface area (Å²) in [6.45, 7) is 0.0256. The molecule has 40 heavy (non-hydrogen) atoms. The number of hydrogen-bond donors (Lipinski definition) is 1. The van der Waals surface area contributed by atoms with Gasteiger partial charge in [-0.25, -0.2) is 4.68 Å². The number of benzene rings is 2. The Morgan fingerprint density at radius 2 is 1.70 bits per heavy atom. The van der Waals surface area contributed by atoms with Crippen LogP contribution in [0.15, 0.2) is 65.5 Å². The van der Waals surface area contributed by atoms with Crippen LogP contribution < -0.4 is 10.9 Å². The van der Waals surface area contributed by atoms with E-state index in [4.69, 9.17) is 4.74 Å². The first-order valence-corrected chi connectivity index (χ1v) is 13.5. The van der Waals surface area contributed by atoms with E-state index in [2.05, 4.69) is 10.4 Å². The van der Waals surface area contributed by atoms with E-state index in [1.165, 1.54) is 0 Å². The number of esters is 1. The Hall–Kier alpha value is -3.95. The molecule has 2 aliphatic carbocycles. The second-order valence-electron chi connectivity index (χ2n) is 10.5. The van der Waals surface area contributed by atoms with E-state index in [0.29, 0.717) is 17.3 Å². The van der Waals surface area contributed by atoms with Crippen LogP contribution in [-0.2, 0) is 33.7 Å². The smallest absolute Gasteiger partial charge is 0.435 e. The largest absolute Gasteiger partial charge is 0.461 e. The molecule has 0 saturated heterocycles. The van der Waals surface area contributed by atoms with Crippen molar-refractivity contribution in [2.75, 3.05) is 5.32 Å². The Bertz CT molecular complexity index is 1430. The first-order valence-electron chi connectivity index (χ1n) is 13.5. The van der Waals surface area contributed by atoms with Crippen LogP contribution in [0.25, 0.3) is 0 Å². The van der Waals surface area contributed by atoms with Crippen LogP contribution in [0.2, 0.25) is 0 Å².